The van der Waals surface area contributed by atoms with Gasteiger partial charge in [-0.25, -0.2) is 4.98 Å². The van der Waals surface area contributed by atoms with Gasteiger partial charge in [0.05, 0.1) is 0 Å². The van der Waals surface area contributed by atoms with Crippen LogP contribution in [0.1, 0.15) is 130 Å². The van der Waals surface area contributed by atoms with Crippen molar-refractivity contribution < 1.29 is 25.8 Å². The minimum atomic E-state index is -0.200. The van der Waals surface area contributed by atoms with Crippen molar-refractivity contribution in [2.45, 2.75) is 124 Å². The third-order valence-corrected chi connectivity index (χ3v) is 13.4. The average molecular weight is 1080 g/mol. The zero-order valence-corrected chi connectivity index (χ0v) is 45.1. The monoisotopic (exact) mass is 1080 g/mol. The van der Waals surface area contributed by atoms with E-state index in [0.717, 1.165) is 55.9 Å². The summed E-state index contributed by atoms with van der Waals surface area (Å²) in [5.41, 5.74) is 13.2. The first kappa shape index (κ1) is 50.2. The van der Waals surface area contributed by atoms with Gasteiger partial charge in [-0.1, -0.05) is 163 Å². The van der Waals surface area contributed by atoms with Gasteiger partial charge >= 0.3 is 21.1 Å². The third-order valence-electron chi connectivity index (χ3n) is 13.4. The van der Waals surface area contributed by atoms with Crippen molar-refractivity contribution in [3.05, 3.63) is 193 Å². The molecule has 0 saturated carbocycles. The first-order valence-electron chi connectivity index (χ1n) is 23.5. The number of anilines is 4. The van der Waals surface area contributed by atoms with E-state index in [2.05, 4.69) is 251 Å². The Bertz CT molecular complexity index is 3120. The molecule has 0 atom stereocenters. The number of aromatic nitrogens is 2. The number of hydrogen-bond donors (Lipinski definition) is 0. The van der Waals surface area contributed by atoms with Crippen LogP contribution < -0.4 is 14.5 Å². The molecule has 5 nitrogen and oxygen atoms in total. The van der Waals surface area contributed by atoms with Crippen molar-refractivity contribution in [1.29, 1.82) is 0 Å². The number of pyridine rings is 1. The molecule has 0 unspecified atom stereocenters. The predicted molar refractivity (Wildman–Crippen MR) is 284 cm³/mol. The van der Waals surface area contributed by atoms with Crippen molar-refractivity contribution in [3.63, 3.8) is 0 Å². The van der Waals surface area contributed by atoms with Gasteiger partial charge in [-0.15, -0.1) is 53.6 Å². The summed E-state index contributed by atoms with van der Waals surface area (Å²) in [5.74, 6) is 2.10. The van der Waals surface area contributed by atoms with E-state index in [-0.39, 0.29) is 55.6 Å². The fraction of sp³-hybridized carbons (Fsp3) is 0.306. The number of rotatable bonds is 7. The summed E-state index contributed by atoms with van der Waals surface area (Å²) in [6, 6.07) is 53.6. The summed E-state index contributed by atoms with van der Waals surface area (Å²) in [7, 11) is 0. The van der Waals surface area contributed by atoms with Gasteiger partial charge in [0.2, 0.25) is 0 Å². The molecule has 1 aliphatic heterocycles. The number of hydrogen-bond acceptors (Lipinski definition) is 4. The standard InChI is InChI=1S/C61H65N4O.CH3.Pt/c1-57(2,3)41-29-30-62-56(34-41)65-52-26-19-18-25-48(52)49-28-27-46(36-53(49)65)66-47-33-43(58(4,5)6)32-45(35-47)64-39-63(54-37-50(59(7,8)9)51(38-55(54)64)60(10,11)12)44-24-20-23-42(31-44)61(13,14)40-21-16-15-17-22-40;;/h15-34,37-39H,1-14H3;1H3;/q-3;-1;+4. The van der Waals surface area contributed by atoms with Crippen LogP contribution in [0.15, 0.2) is 134 Å². The summed E-state index contributed by atoms with van der Waals surface area (Å²) in [5, 5.41) is 2.24. The Labute approximate surface area is 421 Å². The first-order valence-corrected chi connectivity index (χ1v) is 23.5. The second-order valence-corrected chi connectivity index (χ2v) is 22.8. The van der Waals surface area contributed by atoms with E-state index in [4.69, 9.17) is 9.72 Å². The minimum absolute atomic E-state index is 0. The molecule has 9 rings (SSSR count). The Kier molecular flexibility index (Phi) is 13.3. The Morgan fingerprint density at radius 1 is 0.500 bits per heavy atom. The fourth-order valence-electron chi connectivity index (χ4n) is 9.35. The largest absolute Gasteiger partial charge is 4.00 e. The Morgan fingerprint density at radius 3 is 1.76 bits per heavy atom. The van der Waals surface area contributed by atoms with Crippen LogP contribution in [0, 0.1) is 26.2 Å². The van der Waals surface area contributed by atoms with E-state index >= 15 is 0 Å². The van der Waals surface area contributed by atoms with Crippen molar-refractivity contribution in [2.75, 3.05) is 9.80 Å². The maximum Gasteiger partial charge on any atom is 4.00 e. The molecule has 2 aromatic heterocycles. The van der Waals surface area contributed by atoms with E-state index in [1.807, 2.05) is 12.3 Å². The molecule has 0 N–H and O–H groups in total. The molecule has 0 amide bonds. The molecule has 6 heteroatoms. The van der Waals surface area contributed by atoms with Gasteiger partial charge in [-0.05, 0) is 97.3 Å². The zero-order chi connectivity index (χ0) is 47.1. The maximum atomic E-state index is 6.92. The second-order valence-electron chi connectivity index (χ2n) is 22.8. The van der Waals surface area contributed by atoms with Crippen LogP contribution in [0.2, 0.25) is 0 Å². The number of ether oxygens (including phenoxy) is 1. The van der Waals surface area contributed by atoms with Crippen molar-refractivity contribution in [2.24, 2.45) is 0 Å². The van der Waals surface area contributed by atoms with E-state index in [9.17, 15) is 0 Å². The van der Waals surface area contributed by atoms with Crippen LogP contribution >= 0.6 is 0 Å². The second kappa shape index (κ2) is 18.0. The molecule has 0 radical (unpaired) electrons. The van der Waals surface area contributed by atoms with Gasteiger partial charge < -0.3 is 26.5 Å². The number of nitrogens with zero attached hydrogens (tertiary/aromatic N) is 4. The molecule has 0 bridgehead atoms. The van der Waals surface area contributed by atoms with Crippen molar-refractivity contribution in [1.82, 2.24) is 9.55 Å². The topological polar surface area (TPSA) is 33.5 Å². The SMILES string of the molecule is CC(C)(C)c1cc(Oc2[c-]c3c(cc2)c2ccccc2n3-c2cc(C(C)(C)C)ccn2)[c-]c(N2[CH-]N(c3cccc(C(C)(C)c4ccccc4)c3)c3cc(C(C)(C)C)c(C(C)(C)C)cc32)c1.[CH3-].[Pt+4]. The maximum absolute atomic E-state index is 6.92. The first-order chi connectivity index (χ1) is 31.0. The molecule has 68 heavy (non-hydrogen) atoms. The molecule has 0 fully saturated rings. The van der Waals surface area contributed by atoms with Crippen LogP contribution in [0.4, 0.5) is 22.7 Å². The average Bonchev–Trinajstić information content (AvgIpc) is 3.81. The van der Waals surface area contributed by atoms with Crippen LogP contribution in [0.5, 0.6) is 11.5 Å². The molecule has 0 saturated heterocycles. The Balaban J connectivity index is 0.00000342. The van der Waals surface area contributed by atoms with Crippen LogP contribution in [0.3, 0.4) is 0 Å². The quantitative estimate of drug-likeness (QED) is 0.149. The molecule has 6 aromatic carbocycles. The van der Waals surface area contributed by atoms with Crippen LogP contribution in [0.25, 0.3) is 27.6 Å². The molecular formula is C62H68N4OPt. The van der Waals surface area contributed by atoms with Crippen molar-refractivity contribution in [3.8, 4) is 17.3 Å². The van der Waals surface area contributed by atoms with E-state index in [1.165, 1.54) is 27.8 Å². The zero-order valence-electron chi connectivity index (χ0n) is 42.8. The number of fused-ring (bicyclic) bond motifs is 4. The molecular weight excluding hydrogens is 1010 g/mol. The summed E-state index contributed by atoms with van der Waals surface area (Å²) in [6.07, 6.45) is 1.91. The summed E-state index contributed by atoms with van der Waals surface area (Å²) < 4.78 is 9.14. The van der Waals surface area contributed by atoms with Gasteiger partial charge in [-0.3, -0.25) is 0 Å². The molecule has 0 spiro atoms. The van der Waals surface area contributed by atoms with E-state index in [1.54, 1.807) is 0 Å². The number of benzene rings is 6. The molecule has 352 valence electrons. The predicted octanol–water partition coefficient (Wildman–Crippen LogP) is 16.9. The minimum Gasteiger partial charge on any atom is -0.509 e. The van der Waals surface area contributed by atoms with Crippen LogP contribution in [-0.4, -0.2) is 9.55 Å². The van der Waals surface area contributed by atoms with Gasteiger partial charge in [-0.2, -0.15) is 6.07 Å². The summed E-state index contributed by atoms with van der Waals surface area (Å²) >= 11 is 0. The van der Waals surface area contributed by atoms with Gasteiger partial charge in [0.15, 0.2) is 0 Å². The van der Waals surface area contributed by atoms with Gasteiger partial charge in [0, 0.05) is 45.7 Å². The van der Waals surface area contributed by atoms with Crippen LogP contribution in [-0.2, 0) is 48.1 Å². The normalized spacial score (nSPS) is 13.4. The number of para-hydroxylation sites is 1. The van der Waals surface area contributed by atoms with Gasteiger partial charge in [0.25, 0.3) is 0 Å². The fourth-order valence-corrected chi connectivity index (χ4v) is 9.35. The third kappa shape index (κ3) is 9.41. The van der Waals surface area contributed by atoms with Gasteiger partial charge in [0.1, 0.15) is 5.82 Å². The molecule has 1 aliphatic rings. The molecule has 3 heterocycles. The Hall–Kier alpha value is -5.64. The Morgan fingerprint density at radius 2 is 1.12 bits per heavy atom. The van der Waals surface area contributed by atoms with E-state index < -0.39 is 0 Å². The van der Waals surface area contributed by atoms with E-state index in [0.29, 0.717) is 11.5 Å². The van der Waals surface area contributed by atoms with Crippen molar-refractivity contribution >= 4 is 44.6 Å². The summed E-state index contributed by atoms with van der Waals surface area (Å²) in [4.78, 5) is 9.58. The summed E-state index contributed by atoms with van der Waals surface area (Å²) in [6.45, 7) is 34.3. The molecule has 0 aliphatic carbocycles. The molecule has 8 aromatic rings. The smallest absolute Gasteiger partial charge is 0.509 e.